The van der Waals surface area contributed by atoms with Crippen LogP contribution in [-0.4, -0.2) is 41.5 Å². The number of rotatable bonds is 15. The lowest BCUT2D eigenvalue weighted by Crippen LogP contribution is -2.58. The molecule has 214 valence electrons. The molecule has 0 radical (unpaired) electrons. The van der Waals surface area contributed by atoms with Gasteiger partial charge >= 0.3 is 32.5 Å². The molecule has 0 heterocycles. The summed E-state index contributed by atoms with van der Waals surface area (Å²) in [6.45, 7) is 4.06. The smallest absolute Gasteiger partial charge is 0.386 e. The molecule has 0 fully saturated rings. The van der Waals surface area contributed by atoms with E-state index in [0.717, 1.165) is 5.56 Å². The lowest BCUT2D eigenvalue weighted by Gasteiger charge is -2.35. The summed E-state index contributed by atoms with van der Waals surface area (Å²) >= 11 is 0. The topological polar surface area (TPSA) is 180 Å². The minimum atomic E-state index is -4.74. The molecule has 0 aromatic heterocycles. The highest BCUT2D eigenvalue weighted by atomic mass is 32.2. The lowest BCUT2D eigenvalue weighted by molar-refractivity contribution is -0.130. The number of carbonyl (C=O) groups is 2. The van der Waals surface area contributed by atoms with Crippen LogP contribution >= 0.6 is 0 Å². The molecular formula is C25H33N3O9S2. The normalized spacial score (nSPS) is 12.6. The fourth-order valence-corrected chi connectivity index (χ4v) is 5.21. The predicted molar refractivity (Wildman–Crippen MR) is 144 cm³/mol. The van der Waals surface area contributed by atoms with Gasteiger partial charge in [-0.2, -0.15) is 26.7 Å². The number of carbonyl (C=O) groups excluding carboxylic acids is 2. The highest BCUT2D eigenvalue weighted by molar-refractivity contribution is 7.85. The maximum absolute atomic E-state index is 13.1. The van der Waals surface area contributed by atoms with Crippen molar-refractivity contribution in [3.05, 3.63) is 71.8 Å². The number of methoxy groups -OCH3 is 1. The van der Waals surface area contributed by atoms with Gasteiger partial charge in [-0.15, -0.1) is 0 Å². The van der Waals surface area contributed by atoms with Crippen LogP contribution in [0.5, 0.6) is 5.75 Å². The van der Waals surface area contributed by atoms with Crippen molar-refractivity contribution in [2.45, 2.75) is 51.7 Å². The van der Waals surface area contributed by atoms with Crippen molar-refractivity contribution in [2.24, 2.45) is 5.14 Å². The standard InChI is InChI=1S/C25H33N3O9S2/c1-4-15-25(16-5-2,27-18-19-11-13-21(35-3)14-12-19)28-39(33,34)37-24(30)22(20-9-7-6-8-10-20)17-23(29)36-38(26,31)32/h6-14,17,27-28H,4-5,15-16,18H2,1-3H3,(H2,26,31,32)/b22-17-. The number of benzene rings is 2. The zero-order valence-corrected chi connectivity index (χ0v) is 23.5. The molecule has 2 aromatic carbocycles. The Balaban J connectivity index is 2.32. The van der Waals surface area contributed by atoms with E-state index in [-0.39, 0.29) is 5.56 Å². The molecule has 0 amide bonds. The molecule has 0 bridgehead atoms. The van der Waals surface area contributed by atoms with E-state index in [0.29, 0.717) is 44.1 Å². The Labute approximate surface area is 229 Å². The highest BCUT2D eigenvalue weighted by Gasteiger charge is 2.35. The van der Waals surface area contributed by atoms with Gasteiger partial charge in [0.1, 0.15) is 5.75 Å². The monoisotopic (exact) mass is 583 g/mol. The molecule has 0 atom stereocenters. The second-order valence-corrected chi connectivity index (χ2v) is 11.0. The van der Waals surface area contributed by atoms with Crippen molar-refractivity contribution in [1.82, 2.24) is 10.0 Å². The molecule has 4 N–H and O–H groups in total. The van der Waals surface area contributed by atoms with Crippen LogP contribution in [-0.2, 0) is 45.1 Å². The fraction of sp³-hybridized carbons (Fsp3) is 0.360. The molecule has 0 saturated heterocycles. The maximum atomic E-state index is 13.1. The number of hydrogen-bond acceptors (Lipinski definition) is 10. The first-order chi connectivity index (χ1) is 18.3. The van der Waals surface area contributed by atoms with Crippen molar-refractivity contribution < 1.29 is 39.5 Å². The zero-order valence-electron chi connectivity index (χ0n) is 21.9. The Morgan fingerprint density at radius 2 is 1.51 bits per heavy atom. The third-order valence-electron chi connectivity index (χ3n) is 5.41. The van der Waals surface area contributed by atoms with Gasteiger partial charge in [0.2, 0.25) is 0 Å². The molecule has 2 rings (SSSR count). The van der Waals surface area contributed by atoms with Gasteiger partial charge in [0, 0.05) is 12.6 Å². The summed E-state index contributed by atoms with van der Waals surface area (Å²) in [5.41, 5.74) is -0.773. The summed E-state index contributed by atoms with van der Waals surface area (Å²) in [4.78, 5) is 25.0. The summed E-state index contributed by atoms with van der Waals surface area (Å²) < 4.78 is 64.9. The fourth-order valence-electron chi connectivity index (χ4n) is 3.85. The molecular weight excluding hydrogens is 550 g/mol. The minimum absolute atomic E-state index is 0.0788. The van der Waals surface area contributed by atoms with Crippen LogP contribution in [0, 0.1) is 0 Å². The van der Waals surface area contributed by atoms with Gasteiger partial charge in [0.15, 0.2) is 0 Å². The first-order valence-electron chi connectivity index (χ1n) is 12.0. The largest absolute Gasteiger partial charge is 0.497 e. The van der Waals surface area contributed by atoms with E-state index in [9.17, 15) is 26.4 Å². The maximum Gasteiger partial charge on any atom is 0.386 e. The average molecular weight is 584 g/mol. The van der Waals surface area contributed by atoms with Crippen molar-refractivity contribution >= 4 is 38.1 Å². The third-order valence-corrected chi connectivity index (χ3v) is 6.82. The van der Waals surface area contributed by atoms with Crippen LogP contribution in [0.25, 0.3) is 5.57 Å². The van der Waals surface area contributed by atoms with E-state index < -0.39 is 43.8 Å². The summed E-state index contributed by atoms with van der Waals surface area (Å²) in [6, 6.07) is 14.7. The summed E-state index contributed by atoms with van der Waals surface area (Å²) in [6.07, 6.45) is 2.43. The first-order valence-corrected chi connectivity index (χ1v) is 14.9. The van der Waals surface area contributed by atoms with E-state index in [2.05, 4.69) is 14.2 Å². The first kappa shape index (κ1) is 31.9. The van der Waals surface area contributed by atoms with Crippen LogP contribution in [0.15, 0.2) is 60.7 Å². The summed E-state index contributed by atoms with van der Waals surface area (Å²) in [7, 11) is -7.86. The van der Waals surface area contributed by atoms with Gasteiger partial charge in [-0.05, 0) is 36.1 Å². The summed E-state index contributed by atoms with van der Waals surface area (Å²) in [5.74, 6) is -2.27. The highest BCUT2D eigenvalue weighted by Crippen LogP contribution is 2.22. The Hall–Kier alpha value is -3.30. The quantitative estimate of drug-likeness (QED) is 0.208. The number of ether oxygens (including phenoxy) is 1. The SMILES string of the molecule is CCCC(CCC)(NCc1ccc(OC)cc1)NS(=O)(=O)OC(=O)/C(=C\C(=O)OS(N)(=O)=O)c1ccccc1. The minimum Gasteiger partial charge on any atom is -0.497 e. The number of nitrogens with two attached hydrogens (primary N) is 1. The molecule has 39 heavy (non-hydrogen) atoms. The van der Waals surface area contributed by atoms with Gasteiger partial charge in [-0.25, -0.2) is 9.59 Å². The Kier molecular flexibility index (Phi) is 11.6. The Bertz CT molecular complexity index is 1350. The van der Waals surface area contributed by atoms with E-state index in [4.69, 9.17) is 14.1 Å². The lowest BCUT2D eigenvalue weighted by atomic mass is 9.99. The van der Waals surface area contributed by atoms with Crippen LogP contribution in [0.4, 0.5) is 0 Å². The van der Waals surface area contributed by atoms with Crippen molar-refractivity contribution in [3.63, 3.8) is 0 Å². The van der Waals surface area contributed by atoms with Crippen LogP contribution in [0.2, 0.25) is 0 Å². The zero-order chi connectivity index (χ0) is 29.1. The van der Waals surface area contributed by atoms with E-state index >= 15 is 0 Å². The Morgan fingerprint density at radius 1 is 0.923 bits per heavy atom. The van der Waals surface area contributed by atoms with Crippen LogP contribution in [0.1, 0.15) is 50.7 Å². The predicted octanol–water partition coefficient (Wildman–Crippen LogP) is 2.29. The number of nitrogens with one attached hydrogen (secondary N) is 2. The van der Waals surface area contributed by atoms with E-state index in [1.165, 1.54) is 24.3 Å². The second-order valence-electron chi connectivity index (χ2n) is 8.53. The average Bonchev–Trinajstić information content (AvgIpc) is 2.85. The molecule has 14 heteroatoms. The van der Waals surface area contributed by atoms with Crippen molar-refractivity contribution in [3.8, 4) is 5.75 Å². The van der Waals surface area contributed by atoms with Gasteiger partial charge in [0.25, 0.3) is 0 Å². The molecule has 0 unspecified atom stereocenters. The van der Waals surface area contributed by atoms with Crippen molar-refractivity contribution in [1.29, 1.82) is 0 Å². The van der Waals surface area contributed by atoms with Gasteiger partial charge in [0.05, 0.1) is 18.3 Å². The van der Waals surface area contributed by atoms with Gasteiger partial charge in [-0.3, -0.25) is 5.32 Å². The molecule has 0 aliphatic heterocycles. The second kappa shape index (κ2) is 14.2. The molecule has 0 aliphatic carbocycles. The Morgan fingerprint density at radius 3 is 2.03 bits per heavy atom. The van der Waals surface area contributed by atoms with Gasteiger partial charge in [-0.1, -0.05) is 69.2 Å². The van der Waals surface area contributed by atoms with Crippen LogP contribution in [0.3, 0.4) is 0 Å². The number of hydrogen-bond donors (Lipinski definition) is 3. The van der Waals surface area contributed by atoms with E-state index in [1.54, 1.807) is 25.3 Å². The van der Waals surface area contributed by atoms with Crippen LogP contribution < -0.4 is 19.9 Å². The van der Waals surface area contributed by atoms with E-state index in [1.807, 2.05) is 26.0 Å². The van der Waals surface area contributed by atoms with Crippen molar-refractivity contribution in [2.75, 3.05) is 7.11 Å². The molecule has 0 spiro atoms. The third kappa shape index (κ3) is 10.8. The molecule has 12 nitrogen and oxygen atoms in total. The summed E-state index contributed by atoms with van der Waals surface area (Å²) in [5, 5.41) is 7.95. The molecule has 0 aliphatic rings. The van der Waals surface area contributed by atoms with Gasteiger partial charge < -0.3 is 13.1 Å². The molecule has 2 aromatic rings. The molecule has 0 saturated carbocycles.